The van der Waals surface area contributed by atoms with Crippen LogP contribution in [0.2, 0.25) is 0 Å². The number of aryl methyl sites for hydroxylation is 1. The minimum atomic E-state index is -0.198. The first-order valence-electron chi connectivity index (χ1n) is 8.10. The number of benzene rings is 2. The Bertz CT molecular complexity index is 894. The molecule has 0 spiro atoms. The summed E-state index contributed by atoms with van der Waals surface area (Å²) in [4.78, 5) is 11.1. The molecule has 1 aliphatic carbocycles. The molecule has 0 amide bonds. The molecule has 1 aromatic heterocycles. The molecule has 0 N–H and O–H groups in total. The normalized spacial score (nSPS) is 14.0. The summed E-state index contributed by atoms with van der Waals surface area (Å²) in [7, 11) is 0. The maximum atomic E-state index is 13.5. The molecule has 1 aliphatic rings. The molecule has 3 heteroatoms. The second-order valence-electron chi connectivity index (χ2n) is 6.24. The number of fused-ring (bicyclic) bond motifs is 3. The van der Waals surface area contributed by atoms with Gasteiger partial charge in [-0.3, -0.25) is 4.79 Å². The molecule has 3 aromatic rings. The zero-order valence-electron chi connectivity index (χ0n) is 12.9. The lowest BCUT2D eigenvalue weighted by Gasteiger charge is -2.16. The van der Waals surface area contributed by atoms with E-state index in [1.807, 2.05) is 24.3 Å². The molecule has 23 heavy (non-hydrogen) atoms. The lowest BCUT2D eigenvalue weighted by atomic mass is 9.95. The molecule has 0 bridgehead atoms. The van der Waals surface area contributed by atoms with Crippen molar-refractivity contribution in [3.63, 3.8) is 0 Å². The van der Waals surface area contributed by atoms with E-state index in [2.05, 4.69) is 4.57 Å². The zero-order valence-corrected chi connectivity index (χ0v) is 12.9. The van der Waals surface area contributed by atoms with Gasteiger partial charge >= 0.3 is 0 Å². The second kappa shape index (κ2) is 5.65. The summed E-state index contributed by atoms with van der Waals surface area (Å²) in [5, 5.41) is 1.18. The highest BCUT2D eigenvalue weighted by molar-refractivity contribution is 5.91. The summed E-state index contributed by atoms with van der Waals surface area (Å²) in [6.45, 7) is 0.671. The van der Waals surface area contributed by atoms with Gasteiger partial charge in [0.05, 0.1) is 0 Å². The van der Waals surface area contributed by atoms with E-state index in [0.717, 1.165) is 30.2 Å². The fourth-order valence-electron chi connectivity index (χ4n) is 3.73. The van der Waals surface area contributed by atoms with Gasteiger partial charge in [-0.05, 0) is 67.1 Å². The predicted octanol–water partition coefficient (Wildman–Crippen LogP) is 4.52. The van der Waals surface area contributed by atoms with Gasteiger partial charge in [0.25, 0.3) is 0 Å². The van der Waals surface area contributed by atoms with E-state index >= 15 is 0 Å². The van der Waals surface area contributed by atoms with E-state index in [1.54, 1.807) is 12.1 Å². The van der Waals surface area contributed by atoms with Gasteiger partial charge in [-0.1, -0.05) is 12.1 Å². The van der Waals surface area contributed by atoms with Crippen LogP contribution < -0.4 is 0 Å². The second-order valence-corrected chi connectivity index (χ2v) is 6.24. The number of rotatable bonds is 3. The van der Waals surface area contributed by atoms with Crippen molar-refractivity contribution >= 4 is 17.2 Å². The average molecular weight is 307 g/mol. The van der Waals surface area contributed by atoms with Crippen molar-refractivity contribution in [3.05, 3.63) is 70.7 Å². The molecule has 4 rings (SSSR count). The van der Waals surface area contributed by atoms with Crippen LogP contribution in [0.25, 0.3) is 10.9 Å². The van der Waals surface area contributed by atoms with Gasteiger partial charge in [0, 0.05) is 28.7 Å². The van der Waals surface area contributed by atoms with Crippen molar-refractivity contribution in [2.24, 2.45) is 0 Å². The van der Waals surface area contributed by atoms with Crippen LogP contribution in [0.4, 0.5) is 4.39 Å². The number of hydrogen-bond acceptors (Lipinski definition) is 1. The van der Waals surface area contributed by atoms with Gasteiger partial charge in [0.1, 0.15) is 12.1 Å². The Labute approximate surface area is 134 Å². The monoisotopic (exact) mass is 307 g/mol. The van der Waals surface area contributed by atoms with E-state index in [1.165, 1.54) is 35.6 Å². The first-order chi connectivity index (χ1) is 11.3. The number of aldehydes is 1. The van der Waals surface area contributed by atoms with Crippen LogP contribution in [0.1, 0.15) is 40.0 Å². The third-order valence-corrected chi connectivity index (χ3v) is 4.77. The Hall–Kier alpha value is -2.42. The van der Waals surface area contributed by atoms with Crippen LogP contribution in [-0.4, -0.2) is 10.9 Å². The molecule has 0 unspecified atom stereocenters. The van der Waals surface area contributed by atoms with Crippen LogP contribution in [0.5, 0.6) is 0 Å². The maximum Gasteiger partial charge on any atom is 0.150 e. The number of aromatic nitrogens is 1. The van der Waals surface area contributed by atoms with Crippen molar-refractivity contribution in [1.29, 1.82) is 0 Å². The molecule has 0 aliphatic heterocycles. The Kier molecular flexibility index (Phi) is 3.49. The molecule has 0 saturated carbocycles. The third-order valence-electron chi connectivity index (χ3n) is 4.77. The first kappa shape index (κ1) is 14.2. The minimum Gasteiger partial charge on any atom is -0.340 e. The number of hydrogen-bond donors (Lipinski definition) is 0. The fraction of sp³-hybridized carbons (Fsp3) is 0.250. The topological polar surface area (TPSA) is 22.0 Å². The quantitative estimate of drug-likeness (QED) is 0.652. The third kappa shape index (κ3) is 2.46. The molecule has 1 heterocycles. The zero-order chi connectivity index (χ0) is 15.8. The van der Waals surface area contributed by atoms with Gasteiger partial charge < -0.3 is 4.57 Å². The molecule has 0 fully saturated rings. The number of nitrogens with zero attached hydrogens (tertiary/aromatic N) is 1. The Morgan fingerprint density at radius 3 is 2.78 bits per heavy atom. The highest BCUT2D eigenvalue weighted by atomic mass is 19.1. The molecule has 0 atom stereocenters. The molecule has 0 saturated heterocycles. The van der Waals surface area contributed by atoms with Gasteiger partial charge in [-0.25, -0.2) is 4.39 Å². The largest absolute Gasteiger partial charge is 0.340 e. The van der Waals surface area contributed by atoms with Crippen molar-refractivity contribution in [2.75, 3.05) is 0 Å². The van der Waals surface area contributed by atoms with Crippen molar-refractivity contribution < 1.29 is 9.18 Å². The lowest BCUT2D eigenvalue weighted by molar-refractivity contribution is 0.112. The van der Waals surface area contributed by atoms with Gasteiger partial charge in [0.2, 0.25) is 0 Å². The molecule has 116 valence electrons. The molecule has 2 aromatic carbocycles. The Morgan fingerprint density at radius 1 is 1.09 bits per heavy atom. The summed E-state index contributed by atoms with van der Waals surface area (Å²) in [6, 6.07) is 12.7. The number of carbonyl (C=O) groups is 1. The van der Waals surface area contributed by atoms with Crippen LogP contribution >= 0.6 is 0 Å². The van der Waals surface area contributed by atoms with Gasteiger partial charge in [0.15, 0.2) is 0 Å². The van der Waals surface area contributed by atoms with E-state index < -0.39 is 0 Å². The molecular formula is C20H18FNO. The van der Waals surface area contributed by atoms with E-state index in [-0.39, 0.29) is 5.82 Å². The SMILES string of the molecule is O=Cc1ccc2c(c1)c1c(n2Cc2cccc(F)c2)CCCC1. The highest BCUT2D eigenvalue weighted by Crippen LogP contribution is 2.33. The van der Waals surface area contributed by atoms with Crippen LogP contribution in [-0.2, 0) is 19.4 Å². The van der Waals surface area contributed by atoms with Crippen molar-refractivity contribution in [1.82, 2.24) is 4.57 Å². The van der Waals surface area contributed by atoms with E-state index in [9.17, 15) is 9.18 Å². The van der Waals surface area contributed by atoms with Crippen molar-refractivity contribution in [2.45, 2.75) is 32.2 Å². The van der Waals surface area contributed by atoms with Crippen LogP contribution in [0, 0.1) is 5.82 Å². The summed E-state index contributed by atoms with van der Waals surface area (Å²) < 4.78 is 15.8. The first-order valence-corrected chi connectivity index (χ1v) is 8.10. The molecular weight excluding hydrogens is 289 g/mol. The van der Waals surface area contributed by atoms with Gasteiger partial charge in [-0.2, -0.15) is 0 Å². The fourth-order valence-corrected chi connectivity index (χ4v) is 3.73. The van der Waals surface area contributed by atoms with Gasteiger partial charge in [-0.15, -0.1) is 0 Å². The standard InChI is InChI=1S/C20H18FNO/c21-16-5-3-4-14(10-16)12-22-19-7-2-1-6-17(19)18-11-15(13-23)8-9-20(18)22/h3-5,8-11,13H,1-2,6-7,12H2. The Balaban J connectivity index is 1.89. The summed E-state index contributed by atoms with van der Waals surface area (Å²) >= 11 is 0. The molecule has 0 radical (unpaired) electrons. The van der Waals surface area contributed by atoms with Crippen LogP contribution in [0.15, 0.2) is 42.5 Å². The smallest absolute Gasteiger partial charge is 0.150 e. The van der Waals surface area contributed by atoms with Crippen molar-refractivity contribution in [3.8, 4) is 0 Å². The maximum absolute atomic E-state index is 13.5. The number of carbonyl (C=O) groups excluding carboxylic acids is 1. The predicted molar refractivity (Wildman–Crippen MR) is 89.5 cm³/mol. The average Bonchev–Trinajstić information content (AvgIpc) is 2.89. The van der Waals surface area contributed by atoms with Crippen LogP contribution in [0.3, 0.4) is 0 Å². The highest BCUT2D eigenvalue weighted by Gasteiger charge is 2.20. The minimum absolute atomic E-state index is 0.198. The summed E-state index contributed by atoms with van der Waals surface area (Å²) in [5.41, 5.74) is 5.54. The number of halogens is 1. The van der Waals surface area contributed by atoms with E-state index in [0.29, 0.717) is 12.1 Å². The lowest BCUT2D eigenvalue weighted by Crippen LogP contribution is -2.09. The van der Waals surface area contributed by atoms with E-state index in [4.69, 9.17) is 0 Å². The summed E-state index contributed by atoms with van der Waals surface area (Å²) in [5.74, 6) is -0.198. The Morgan fingerprint density at radius 2 is 1.96 bits per heavy atom. The summed E-state index contributed by atoms with van der Waals surface area (Å²) in [6.07, 6.45) is 5.39. The molecule has 2 nitrogen and oxygen atoms in total.